The van der Waals surface area contributed by atoms with Gasteiger partial charge in [-0.1, -0.05) is 18.2 Å². The Kier molecular flexibility index (Phi) is 4.65. The molecule has 1 unspecified atom stereocenters. The van der Waals surface area contributed by atoms with Gasteiger partial charge in [-0.25, -0.2) is 0 Å². The van der Waals surface area contributed by atoms with Crippen LogP contribution >= 0.6 is 0 Å². The molecule has 1 atom stereocenters. The standard InChI is InChI=1S/C18H19N3O3/c1-12(19-15-10-9-14(22-2)11-16(15)23-3)17-20-21-18(24-17)13-7-5-4-6-8-13/h4-12,19H,1-3H3. The molecule has 0 aliphatic heterocycles. The van der Waals surface area contributed by atoms with E-state index in [9.17, 15) is 0 Å². The monoisotopic (exact) mass is 325 g/mol. The van der Waals surface area contributed by atoms with Gasteiger partial charge < -0.3 is 19.2 Å². The van der Waals surface area contributed by atoms with Crippen LogP contribution in [0.3, 0.4) is 0 Å². The molecule has 0 amide bonds. The Morgan fingerprint density at radius 1 is 1.00 bits per heavy atom. The molecule has 3 rings (SSSR count). The molecule has 3 aromatic rings. The van der Waals surface area contributed by atoms with Gasteiger partial charge >= 0.3 is 0 Å². The van der Waals surface area contributed by atoms with Gasteiger partial charge in [0.1, 0.15) is 17.5 Å². The number of ether oxygens (including phenoxy) is 2. The van der Waals surface area contributed by atoms with Gasteiger partial charge in [0.25, 0.3) is 0 Å². The van der Waals surface area contributed by atoms with Crippen molar-refractivity contribution in [2.75, 3.05) is 19.5 Å². The van der Waals surface area contributed by atoms with Crippen molar-refractivity contribution >= 4 is 5.69 Å². The summed E-state index contributed by atoms with van der Waals surface area (Å²) in [6.45, 7) is 1.95. The minimum absolute atomic E-state index is 0.169. The molecule has 124 valence electrons. The summed E-state index contributed by atoms with van der Waals surface area (Å²) < 4.78 is 16.4. The van der Waals surface area contributed by atoms with Gasteiger partial charge in [-0.15, -0.1) is 10.2 Å². The lowest BCUT2D eigenvalue weighted by molar-refractivity contribution is 0.395. The Morgan fingerprint density at radius 2 is 1.79 bits per heavy atom. The quantitative estimate of drug-likeness (QED) is 0.740. The van der Waals surface area contributed by atoms with Crippen molar-refractivity contribution < 1.29 is 13.9 Å². The second-order valence-electron chi connectivity index (χ2n) is 5.24. The van der Waals surface area contributed by atoms with E-state index in [4.69, 9.17) is 13.9 Å². The van der Waals surface area contributed by atoms with Gasteiger partial charge in [-0.3, -0.25) is 0 Å². The predicted molar refractivity (Wildman–Crippen MR) is 91.3 cm³/mol. The molecule has 0 saturated heterocycles. The molecule has 0 fully saturated rings. The first-order valence-corrected chi connectivity index (χ1v) is 7.58. The minimum atomic E-state index is -0.169. The molecule has 6 nitrogen and oxygen atoms in total. The molecule has 0 saturated carbocycles. The third kappa shape index (κ3) is 3.32. The van der Waals surface area contributed by atoms with Crippen LogP contribution in [0.5, 0.6) is 11.5 Å². The van der Waals surface area contributed by atoms with E-state index in [0.717, 1.165) is 17.0 Å². The molecule has 0 bridgehead atoms. The van der Waals surface area contributed by atoms with Crippen molar-refractivity contribution in [2.45, 2.75) is 13.0 Å². The summed E-state index contributed by atoms with van der Waals surface area (Å²) >= 11 is 0. The number of hydrogen-bond donors (Lipinski definition) is 1. The topological polar surface area (TPSA) is 69.4 Å². The van der Waals surface area contributed by atoms with Crippen molar-refractivity contribution in [3.63, 3.8) is 0 Å². The summed E-state index contributed by atoms with van der Waals surface area (Å²) in [6.07, 6.45) is 0. The van der Waals surface area contributed by atoms with Crippen molar-refractivity contribution in [1.29, 1.82) is 0 Å². The number of hydrogen-bond acceptors (Lipinski definition) is 6. The Balaban J connectivity index is 1.78. The molecule has 1 aromatic heterocycles. The third-order valence-corrected chi connectivity index (χ3v) is 3.61. The maximum absolute atomic E-state index is 5.77. The fourth-order valence-electron chi connectivity index (χ4n) is 2.32. The van der Waals surface area contributed by atoms with Gasteiger partial charge in [0.2, 0.25) is 11.8 Å². The number of methoxy groups -OCH3 is 2. The highest BCUT2D eigenvalue weighted by molar-refractivity contribution is 5.60. The molecule has 1 heterocycles. The second-order valence-corrected chi connectivity index (χ2v) is 5.24. The van der Waals surface area contributed by atoms with Gasteiger partial charge in [0.05, 0.1) is 19.9 Å². The zero-order valence-corrected chi connectivity index (χ0v) is 13.8. The first-order valence-electron chi connectivity index (χ1n) is 7.58. The smallest absolute Gasteiger partial charge is 0.247 e. The van der Waals surface area contributed by atoms with E-state index >= 15 is 0 Å². The van der Waals surface area contributed by atoms with Gasteiger partial charge in [-0.2, -0.15) is 0 Å². The van der Waals surface area contributed by atoms with E-state index in [-0.39, 0.29) is 6.04 Å². The van der Waals surface area contributed by atoms with Gasteiger partial charge in [-0.05, 0) is 31.2 Å². The normalized spacial score (nSPS) is 11.8. The Hall–Kier alpha value is -3.02. The average Bonchev–Trinajstić information content (AvgIpc) is 3.13. The van der Waals surface area contributed by atoms with Crippen LogP contribution < -0.4 is 14.8 Å². The molecular weight excluding hydrogens is 306 g/mol. The minimum Gasteiger partial charge on any atom is -0.497 e. The largest absolute Gasteiger partial charge is 0.497 e. The summed E-state index contributed by atoms with van der Waals surface area (Å²) in [5.41, 5.74) is 1.72. The maximum Gasteiger partial charge on any atom is 0.247 e. The lowest BCUT2D eigenvalue weighted by Crippen LogP contribution is -2.08. The molecule has 0 radical (unpaired) electrons. The molecule has 0 aliphatic carbocycles. The molecule has 6 heteroatoms. The lowest BCUT2D eigenvalue weighted by atomic mass is 10.2. The molecule has 0 spiro atoms. The van der Waals surface area contributed by atoms with Crippen LogP contribution in [0.25, 0.3) is 11.5 Å². The van der Waals surface area contributed by atoms with Crippen LogP contribution in [0.15, 0.2) is 52.9 Å². The van der Waals surface area contributed by atoms with Crippen molar-refractivity contribution in [2.24, 2.45) is 0 Å². The van der Waals surface area contributed by atoms with E-state index < -0.39 is 0 Å². The Bertz CT molecular complexity index is 802. The number of aromatic nitrogens is 2. The highest BCUT2D eigenvalue weighted by atomic mass is 16.5. The van der Waals surface area contributed by atoms with Crippen LogP contribution in [0.1, 0.15) is 18.9 Å². The van der Waals surface area contributed by atoms with Crippen LogP contribution in [-0.4, -0.2) is 24.4 Å². The highest BCUT2D eigenvalue weighted by Crippen LogP contribution is 2.32. The fourth-order valence-corrected chi connectivity index (χ4v) is 2.32. The fraction of sp³-hybridized carbons (Fsp3) is 0.222. The SMILES string of the molecule is COc1ccc(NC(C)c2nnc(-c3ccccc3)o2)c(OC)c1. The summed E-state index contributed by atoms with van der Waals surface area (Å²) in [7, 11) is 3.23. The molecule has 2 aromatic carbocycles. The van der Waals surface area contributed by atoms with E-state index in [2.05, 4.69) is 15.5 Å². The molecule has 0 aliphatic rings. The zero-order valence-electron chi connectivity index (χ0n) is 13.8. The summed E-state index contributed by atoms with van der Waals surface area (Å²) in [5, 5.41) is 11.6. The van der Waals surface area contributed by atoms with E-state index in [1.54, 1.807) is 14.2 Å². The first-order chi connectivity index (χ1) is 11.7. The van der Waals surface area contributed by atoms with Gasteiger partial charge in [0.15, 0.2) is 0 Å². The van der Waals surface area contributed by atoms with Crippen LogP contribution in [0, 0.1) is 0 Å². The number of rotatable bonds is 6. The van der Waals surface area contributed by atoms with E-state index in [0.29, 0.717) is 17.5 Å². The number of anilines is 1. The summed E-state index contributed by atoms with van der Waals surface area (Å²) in [6, 6.07) is 15.1. The van der Waals surface area contributed by atoms with Crippen molar-refractivity contribution in [3.05, 3.63) is 54.4 Å². The van der Waals surface area contributed by atoms with E-state index in [1.165, 1.54) is 0 Å². The average molecular weight is 325 g/mol. The highest BCUT2D eigenvalue weighted by Gasteiger charge is 2.16. The van der Waals surface area contributed by atoms with E-state index in [1.807, 2.05) is 55.5 Å². The van der Waals surface area contributed by atoms with Crippen LogP contribution in [-0.2, 0) is 0 Å². The maximum atomic E-state index is 5.77. The predicted octanol–water partition coefficient (Wildman–Crippen LogP) is 3.93. The van der Waals surface area contributed by atoms with Crippen molar-refractivity contribution in [1.82, 2.24) is 10.2 Å². The first kappa shape index (κ1) is 15.9. The second kappa shape index (κ2) is 7.04. The Morgan fingerprint density at radius 3 is 2.50 bits per heavy atom. The molecule has 24 heavy (non-hydrogen) atoms. The summed E-state index contributed by atoms with van der Waals surface area (Å²) in [4.78, 5) is 0. The number of nitrogens with zero attached hydrogens (tertiary/aromatic N) is 2. The number of nitrogens with one attached hydrogen (secondary N) is 1. The zero-order chi connectivity index (χ0) is 16.9. The van der Waals surface area contributed by atoms with Crippen LogP contribution in [0.4, 0.5) is 5.69 Å². The molecule has 1 N–H and O–H groups in total. The van der Waals surface area contributed by atoms with Crippen LogP contribution in [0.2, 0.25) is 0 Å². The molecular formula is C18H19N3O3. The number of benzene rings is 2. The third-order valence-electron chi connectivity index (χ3n) is 3.61. The lowest BCUT2D eigenvalue weighted by Gasteiger charge is -2.15. The Labute approximate surface area is 140 Å². The summed E-state index contributed by atoms with van der Waals surface area (Å²) in [5.74, 6) is 2.42. The van der Waals surface area contributed by atoms with Crippen molar-refractivity contribution in [3.8, 4) is 23.0 Å². The van der Waals surface area contributed by atoms with Gasteiger partial charge in [0, 0.05) is 11.6 Å².